The molecule has 0 spiro atoms. The molecule has 0 radical (unpaired) electrons. The summed E-state index contributed by atoms with van der Waals surface area (Å²) < 4.78 is 5.24. The van der Waals surface area contributed by atoms with E-state index in [0.29, 0.717) is 19.1 Å². The lowest BCUT2D eigenvalue weighted by Gasteiger charge is -2.29. The van der Waals surface area contributed by atoms with Crippen LogP contribution in [-0.2, 0) is 9.53 Å². The van der Waals surface area contributed by atoms with E-state index in [1.165, 1.54) is 6.92 Å². The van der Waals surface area contributed by atoms with Gasteiger partial charge < -0.3 is 25.6 Å². The van der Waals surface area contributed by atoms with E-state index in [1.807, 2.05) is 6.92 Å². The Morgan fingerprint density at radius 2 is 1.79 bits per heavy atom. The van der Waals surface area contributed by atoms with Crippen LogP contribution in [0, 0.1) is 5.92 Å². The van der Waals surface area contributed by atoms with Crippen LogP contribution in [0.3, 0.4) is 0 Å². The standard InChI is InChI=1S/C12H22N2O5/c1-7(9-3-5-19-6-4-9)13-12(18)14-10(8(2)15)11(16)17/h7-10,15H,3-6H2,1-2H3,(H,16,17)(H2,13,14,18). The lowest BCUT2D eigenvalue weighted by atomic mass is 9.93. The van der Waals surface area contributed by atoms with Gasteiger partial charge in [0.1, 0.15) is 0 Å². The molecule has 7 heteroatoms. The summed E-state index contributed by atoms with van der Waals surface area (Å²) in [6, 6.07) is -1.94. The molecule has 19 heavy (non-hydrogen) atoms. The predicted molar refractivity (Wildman–Crippen MR) is 67.8 cm³/mol. The molecule has 0 bridgehead atoms. The van der Waals surface area contributed by atoms with Crippen molar-refractivity contribution in [2.75, 3.05) is 13.2 Å². The van der Waals surface area contributed by atoms with Crippen LogP contribution in [0.15, 0.2) is 0 Å². The van der Waals surface area contributed by atoms with Gasteiger partial charge in [-0.25, -0.2) is 9.59 Å². The minimum absolute atomic E-state index is 0.0626. The average molecular weight is 274 g/mol. The van der Waals surface area contributed by atoms with Crippen molar-refractivity contribution in [2.45, 2.75) is 44.9 Å². The van der Waals surface area contributed by atoms with Crippen LogP contribution in [0.4, 0.5) is 4.79 Å². The molecule has 1 saturated heterocycles. The number of hydrogen-bond acceptors (Lipinski definition) is 4. The monoisotopic (exact) mass is 274 g/mol. The molecule has 3 unspecified atom stereocenters. The summed E-state index contributed by atoms with van der Waals surface area (Å²) in [7, 11) is 0. The summed E-state index contributed by atoms with van der Waals surface area (Å²) in [6.45, 7) is 4.57. The number of hydrogen-bond donors (Lipinski definition) is 4. The Hall–Kier alpha value is -1.34. The average Bonchev–Trinajstić information content (AvgIpc) is 2.36. The number of aliphatic hydroxyl groups is 1. The van der Waals surface area contributed by atoms with Gasteiger partial charge in [-0.15, -0.1) is 0 Å². The maximum Gasteiger partial charge on any atom is 0.328 e. The maximum absolute atomic E-state index is 11.7. The highest BCUT2D eigenvalue weighted by Crippen LogP contribution is 2.18. The van der Waals surface area contributed by atoms with Crippen molar-refractivity contribution in [3.63, 3.8) is 0 Å². The highest BCUT2D eigenvalue weighted by atomic mass is 16.5. The van der Waals surface area contributed by atoms with Gasteiger partial charge >= 0.3 is 12.0 Å². The quantitative estimate of drug-likeness (QED) is 0.561. The number of carboxylic acid groups (broad SMARTS) is 1. The van der Waals surface area contributed by atoms with Crippen molar-refractivity contribution in [3.05, 3.63) is 0 Å². The highest BCUT2D eigenvalue weighted by molar-refractivity contribution is 5.83. The molecule has 0 aromatic carbocycles. The molecule has 2 amide bonds. The van der Waals surface area contributed by atoms with Gasteiger partial charge in [-0.1, -0.05) is 0 Å². The zero-order valence-corrected chi connectivity index (χ0v) is 11.3. The third kappa shape index (κ3) is 5.04. The zero-order valence-electron chi connectivity index (χ0n) is 11.3. The van der Waals surface area contributed by atoms with Crippen LogP contribution in [0.25, 0.3) is 0 Å². The second kappa shape index (κ2) is 7.30. The van der Waals surface area contributed by atoms with E-state index in [1.54, 1.807) is 0 Å². The number of carboxylic acids is 1. The lowest BCUT2D eigenvalue weighted by Crippen LogP contribution is -2.53. The van der Waals surface area contributed by atoms with Gasteiger partial charge in [0, 0.05) is 19.3 Å². The summed E-state index contributed by atoms with van der Waals surface area (Å²) in [4.78, 5) is 22.5. The van der Waals surface area contributed by atoms with Gasteiger partial charge in [0.2, 0.25) is 0 Å². The Balaban J connectivity index is 2.42. The van der Waals surface area contributed by atoms with Gasteiger partial charge in [0.05, 0.1) is 6.10 Å². The Bertz CT molecular complexity index is 315. The third-order valence-electron chi connectivity index (χ3n) is 3.37. The van der Waals surface area contributed by atoms with Crippen molar-refractivity contribution >= 4 is 12.0 Å². The Morgan fingerprint density at radius 1 is 1.21 bits per heavy atom. The van der Waals surface area contributed by atoms with E-state index in [0.717, 1.165) is 12.8 Å². The van der Waals surface area contributed by atoms with Crippen molar-refractivity contribution in [1.29, 1.82) is 0 Å². The molecule has 0 aromatic heterocycles. The first-order valence-electron chi connectivity index (χ1n) is 6.47. The van der Waals surface area contributed by atoms with E-state index >= 15 is 0 Å². The van der Waals surface area contributed by atoms with Crippen LogP contribution >= 0.6 is 0 Å². The van der Waals surface area contributed by atoms with Gasteiger partial charge in [0.25, 0.3) is 0 Å². The lowest BCUT2D eigenvalue weighted by molar-refractivity contribution is -0.141. The summed E-state index contributed by atoms with van der Waals surface area (Å²) >= 11 is 0. The maximum atomic E-state index is 11.7. The molecular weight excluding hydrogens is 252 g/mol. The number of ether oxygens (including phenoxy) is 1. The minimum Gasteiger partial charge on any atom is -0.480 e. The molecule has 1 heterocycles. The van der Waals surface area contributed by atoms with Crippen LogP contribution < -0.4 is 10.6 Å². The molecular formula is C12H22N2O5. The number of carbonyl (C=O) groups excluding carboxylic acids is 1. The molecule has 1 aliphatic heterocycles. The smallest absolute Gasteiger partial charge is 0.328 e. The number of amides is 2. The van der Waals surface area contributed by atoms with Crippen molar-refractivity contribution < 1.29 is 24.5 Å². The molecule has 4 N–H and O–H groups in total. The summed E-state index contributed by atoms with van der Waals surface area (Å²) in [6.07, 6.45) is 0.599. The number of aliphatic carboxylic acids is 1. The molecule has 110 valence electrons. The fraction of sp³-hybridized carbons (Fsp3) is 0.833. The van der Waals surface area contributed by atoms with Crippen molar-refractivity contribution in [1.82, 2.24) is 10.6 Å². The summed E-state index contributed by atoms with van der Waals surface area (Å²) in [5.74, 6) is -0.932. The van der Waals surface area contributed by atoms with Crippen LogP contribution in [0.2, 0.25) is 0 Å². The first-order chi connectivity index (χ1) is 8.91. The molecule has 3 atom stereocenters. The minimum atomic E-state index is -1.30. The number of rotatable bonds is 5. The topological polar surface area (TPSA) is 108 Å². The summed E-state index contributed by atoms with van der Waals surface area (Å²) in [5.41, 5.74) is 0. The molecule has 1 fully saturated rings. The van der Waals surface area contributed by atoms with E-state index < -0.39 is 24.1 Å². The van der Waals surface area contributed by atoms with Gasteiger partial charge in [-0.3, -0.25) is 0 Å². The van der Waals surface area contributed by atoms with E-state index in [-0.39, 0.29) is 6.04 Å². The predicted octanol–water partition coefficient (Wildman–Crippen LogP) is -0.0653. The van der Waals surface area contributed by atoms with Crippen molar-refractivity contribution in [2.24, 2.45) is 5.92 Å². The number of nitrogens with one attached hydrogen (secondary N) is 2. The first-order valence-corrected chi connectivity index (χ1v) is 6.47. The molecule has 0 saturated carbocycles. The fourth-order valence-corrected chi connectivity index (χ4v) is 2.11. The molecule has 0 aliphatic carbocycles. The van der Waals surface area contributed by atoms with Crippen molar-refractivity contribution in [3.8, 4) is 0 Å². The second-order valence-corrected chi connectivity index (χ2v) is 4.91. The number of urea groups is 1. The third-order valence-corrected chi connectivity index (χ3v) is 3.37. The Kier molecular flexibility index (Phi) is 6.04. The van der Waals surface area contributed by atoms with Gasteiger partial charge in [0.15, 0.2) is 6.04 Å². The second-order valence-electron chi connectivity index (χ2n) is 4.91. The molecule has 7 nitrogen and oxygen atoms in total. The first kappa shape index (κ1) is 15.7. The SMILES string of the molecule is CC(O)C(NC(=O)NC(C)C1CCOCC1)C(=O)O. The molecule has 1 aliphatic rings. The normalized spacial score (nSPS) is 21.2. The largest absolute Gasteiger partial charge is 0.480 e. The van der Waals surface area contributed by atoms with E-state index in [4.69, 9.17) is 9.84 Å². The Labute approximate surface area is 112 Å². The summed E-state index contributed by atoms with van der Waals surface area (Å²) in [5, 5.41) is 23.1. The Morgan fingerprint density at radius 3 is 2.26 bits per heavy atom. The van der Waals surface area contributed by atoms with E-state index in [2.05, 4.69) is 10.6 Å². The molecule has 1 rings (SSSR count). The van der Waals surface area contributed by atoms with Crippen LogP contribution in [0.5, 0.6) is 0 Å². The van der Waals surface area contributed by atoms with Crippen LogP contribution in [0.1, 0.15) is 26.7 Å². The van der Waals surface area contributed by atoms with Crippen LogP contribution in [-0.4, -0.2) is 53.6 Å². The van der Waals surface area contributed by atoms with E-state index in [9.17, 15) is 14.7 Å². The zero-order chi connectivity index (χ0) is 14.4. The molecule has 0 aromatic rings. The number of carbonyl (C=O) groups is 2. The fourth-order valence-electron chi connectivity index (χ4n) is 2.11. The van der Waals surface area contributed by atoms with Gasteiger partial charge in [-0.2, -0.15) is 0 Å². The highest BCUT2D eigenvalue weighted by Gasteiger charge is 2.27. The van der Waals surface area contributed by atoms with Gasteiger partial charge in [-0.05, 0) is 32.6 Å². The number of aliphatic hydroxyl groups excluding tert-OH is 1.